The summed E-state index contributed by atoms with van der Waals surface area (Å²) in [6.45, 7) is 13.5. The van der Waals surface area contributed by atoms with Gasteiger partial charge in [0.25, 0.3) is 0 Å². The molecule has 8 rings (SSSR count). The van der Waals surface area contributed by atoms with Gasteiger partial charge in [-0.1, -0.05) is 0 Å². The molecule has 54 heavy (non-hydrogen) atoms. The van der Waals surface area contributed by atoms with Crippen molar-refractivity contribution in [3.63, 3.8) is 0 Å². The van der Waals surface area contributed by atoms with Crippen molar-refractivity contribution in [1.29, 1.82) is 0 Å². The van der Waals surface area contributed by atoms with Crippen molar-refractivity contribution in [2.75, 3.05) is 0 Å². The first-order valence-electron chi connectivity index (χ1n) is 20.0. The summed E-state index contributed by atoms with van der Waals surface area (Å²) in [5.74, 6) is 1.03. The van der Waals surface area contributed by atoms with Crippen LogP contribution in [0.15, 0.2) is 146 Å². The molecule has 2 aliphatic carbocycles. The van der Waals surface area contributed by atoms with Crippen LogP contribution in [0.1, 0.15) is 103 Å². The van der Waals surface area contributed by atoms with Crippen LogP contribution in [0.4, 0.5) is 0 Å². The molecule has 2 aliphatic rings. The Kier molecular flexibility index (Phi) is 9.46. The van der Waals surface area contributed by atoms with Crippen molar-refractivity contribution in [3.05, 3.63) is 201 Å². The van der Waals surface area contributed by atoms with E-state index in [9.17, 15) is 0 Å². The predicted octanol–water partition coefficient (Wildman–Crippen LogP) is 14.8. The van der Waals surface area contributed by atoms with E-state index in [0.29, 0.717) is 19.2 Å². The van der Waals surface area contributed by atoms with Gasteiger partial charge in [-0.2, -0.15) is 0 Å². The molecule has 270 valence electrons. The summed E-state index contributed by atoms with van der Waals surface area (Å²) in [4.78, 5) is 0. The van der Waals surface area contributed by atoms with E-state index in [1.807, 2.05) is 0 Å². The van der Waals surface area contributed by atoms with Crippen LogP contribution in [-0.4, -0.2) is 3.26 Å². The Bertz CT molecular complexity index is 2310. The predicted molar refractivity (Wildman–Crippen MR) is 233 cm³/mol. The second kappa shape index (κ2) is 14.0. The minimum atomic E-state index is -4.65. The summed E-state index contributed by atoms with van der Waals surface area (Å²) in [7, 11) is 0. The van der Waals surface area contributed by atoms with Crippen LogP contribution in [0.2, 0.25) is 9.36 Å². The van der Waals surface area contributed by atoms with E-state index in [4.69, 9.17) is 0 Å². The van der Waals surface area contributed by atoms with Gasteiger partial charge in [0.05, 0.1) is 0 Å². The molecule has 2 unspecified atom stereocenters. The van der Waals surface area contributed by atoms with Gasteiger partial charge in [0.15, 0.2) is 0 Å². The Morgan fingerprint density at radius 2 is 0.833 bits per heavy atom. The van der Waals surface area contributed by atoms with Crippen LogP contribution < -0.4 is 0 Å². The summed E-state index contributed by atoms with van der Waals surface area (Å²) >= 11 is -4.65. The number of hydrogen-bond donors (Lipinski definition) is 0. The first kappa shape index (κ1) is 36.5. The molecule has 1 heteroatoms. The van der Waals surface area contributed by atoms with Gasteiger partial charge in [0.1, 0.15) is 0 Å². The molecule has 0 heterocycles. The monoisotopic (exact) mass is 870 g/mol. The quantitative estimate of drug-likeness (QED) is 0.134. The second-order valence-corrected chi connectivity index (χ2v) is 42.6. The van der Waals surface area contributed by atoms with Gasteiger partial charge in [0, 0.05) is 0 Å². The third-order valence-electron chi connectivity index (χ3n) is 13.0. The average molecular weight is 870 g/mol. The fraction of sp³-hybridized carbons (Fsp3) is 0.226. The second-order valence-electron chi connectivity index (χ2n) is 17.6. The Labute approximate surface area is 324 Å². The van der Waals surface area contributed by atoms with Gasteiger partial charge in [-0.15, -0.1) is 0 Å². The van der Waals surface area contributed by atoms with Gasteiger partial charge in [-0.05, 0) is 0 Å². The van der Waals surface area contributed by atoms with Crippen molar-refractivity contribution >= 4 is 15.4 Å². The molecule has 0 saturated heterocycles. The molecule has 0 aromatic heterocycles. The normalized spacial score (nSPS) is 16.3. The van der Waals surface area contributed by atoms with Gasteiger partial charge >= 0.3 is 327 Å². The molecule has 2 atom stereocenters. The van der Waals surface area contributed by atoms with Crippen LogP contribution in [0.3, 0.4) is 0 Å². The van der Waals surface area contributed by atoms with Crippen molar-refractivity contribution in [2.45, 2.75) is 70.1 Å². The zero-order valence-corrected chi connectivity index (χ0v) is 36.9. The number of benzene rings is 6. The molecule has 0 fully saturated rings. The topological polar surface area (TPSA) is 0 Å². The molecule has 0 bridgehead atoms. The molecule has 0 N–H and O–H groups in total. The van der Waals surface area contributed by atoms with E-state index in [1.54, 1.807) is 3.26 Å². The fourth-order valence-corrected chi connectivity index (χ4v) is 34.8. The molecule has 0 spiro atoms. The van der Waals surface area contributed by atoms with Gasteiger partial charge in [-0.25, -0.2) is 0 Å². The Morgan fingerprint density at radius 1 is 0.463 bits per heavy atom. The van der Waals surface area contributed by atoms with Crippen LogP contribution in [0, 0.1) is 13.8 Å². The number of aryl methyl sites for hydroxylation is 2. The third kappa shape index (κ3) is 6.14. The third-order valence-corrected chi connectivity index (χ3v) is 38.1. The maximum absolute atomic E-state index is 4.65. The van der Waals surface area contributed by atoms with Gasteiger partial charge < -0.3 is 0 Å². The zero-order valence-electron chi connectivity index (χ0n) is 33.3. The summed E-state index contributed by atoms with van der Waals surface area (Å²) in [5, 5.41) is 0. The summed E-state index contributed by atoms with van der Waals surface area (Å²) in [6.07, 6.45) is 10.2. The molecule has 6 aromatic carbocycles. The molecular formula is C53H54Hf. The Balaban J connectivity index is 1.41. The number of hydrogen-bond acceptors (Lipinski definition) is 0. The first-order chi connectivity index (χ1) is 25.9. The first-order valence-corrected chi connectivity index (χ1v) is 33.1. The molecule has 0 nitrogen and oxygen atoms in total. The number of allylic oxidation sites excluding steroid dienone is 2. The van der Waals surface area contributed by atoms with Gasteiger partial charge in [-0.3, -0.25) is 0 Å². The van der Waals surface area contributed by atoms with E-state index < -0.39 is 18.0 Å². The Hall–Kier alpha value is -4.46. The van der Waals surface area contributed by atoms with Crippen LogP contribution >= 0.6 is 0 Å². The maximum atomic E-state index is 2.79. The minimum absolute atomic E-state index is 0.305. The molecular weight excluding hydrogens is 815 g/mol. The van der Waals surface area contributed by atoms with Crippen LogP contribution in [0.5, 0.6) is 0 Å². The number of fused-ring (bicyclic) bond motifs is 2. The summed E-state index contributed by atoms with van der Waals surface area (Å²) in [6, 6.07) is 51.7. The SMILES string of the molecule is Cc1ccc([C](c2ccc(C)cc2)=[Hf]([CH3])([CH3])([CH]2C=Cc3c(-c4ccc(C(C)C)cc4)cccc32)[CH]2C=Cc3c(-c4ccc(C(C)C)cc4)cccc32)cc1. The zero-order chi connectivity index (χ0) is 37.8. The van der Waals surface area contributed by atoms with E-state index >= 15 is 0 Å². The van der Waals surface area contributed by atoms with E-state index in [2.05, 4.69) is 209 Å². The van der Waals surface area contributed by atoms with Crippen molar-refractivity contribution in [2.24, 2.45) is 0 Å². The van der Waals surface area contributed by atoms with Gasteiger partial charge in [0.2, 0.25) is 0 Å². The molecule has 0 aliphatic heterocycles. The summed E-state index contributed by atoms with van der Waals surface area (Å²) < 4.78 is 7.78. The Morgan fingerprint density at radius 3 is 1.19 bits per heavy atom. The van der Waals surface area contributed by atoms with Crippen molar-refractivity contribution < 1.29 is 18.0 Å². The van der Waals surface area contributed by atoms with Crippen LogP contribution in [-0.2, 0) is 18.0 Å². The average Bonchev–Trinajstić information content (AvgIpc) is 3.83. The molecule has 6 aromatic rings. The van der Waals surface area contributed by atoms with Crippen LogP contribution in [0.25, 0.3) is 34.4 Å². The van der Waals surface area contributed by atoms with Crippen molar-refractivity contribution in [1.82, 2.24) is 0 Å². The van der Waals surface area contributed by atoms with Crippen molar-refractivity contribution in [3.8, 4) is 22.3 Å². The van der Waals surface area contributed by atoms with E-state index in [0.717, 1.165) is 0 Å². The van der Waals surface area contributed by atoms with E-state index in [-0.39, 0.29) is 0 Å². The molecule has 0 saturated carbocycles. The summed E-state index contributed by atoms with van der Waals surface area (Å²) in [5.41, 5.74) is 19.1. The fourth-order valence-electron chi connectivity index (χ4n) is 9.84. The number of rotatable bonds is 8. The standard InChI is InChI=1S/2C18H17.C15H14.2CH3.Hf/c2*1-13(2)14-9-11-16(12-10-14)18-8-4-6-15-5-3-7-17(15)18;1-12-3-7-14(8-4-12)11-15-9-5-13(2)6-10-15;;;/h2*3-13H,1-2H3;3-10H,1-2H3;2*1H3;. The van der Waals surface area contributed by atoms with E-state index in [1.165, 1.54) is 77.9 Å². The molecule has 0 radical (unpaired) electrons. The molecule has 0 amide bonds.